The lowest BCUT2D eigenvalue weighted by atomic mass is 9.36. The van der Waals surface area contributed by atoms with Crippen LogP contribution in [0.25, 0.3) is 0 Å². The quantitative estimate of drug-likeness (QED) is 0.680. The molecule has 19 heavy (non-hydrogen) atoms. The third-order valence-electron chi connectivity index (χ3n) is 6.53. The van der Waals surface area contributed by atoms with Crippen LogP contribution in [0.3, 0.4) is 0 Å². The van der Waals surface area contributed by atoms with E-state index in [1.807, 2.05) is 6.92 Å². The Labute approximate surface area is 116 Å². The van der Waals surface area contributed by atoms with Crippen molar-refractivity contribution >= 4 is 5.78 Å². The summed E-state index contributed by atoms with van der Waals surface area (Å²) in [5.74, 6) is 3.32. The highest BCUT2D eigenvalue weighted by Crippen LogP contribution is 2.74. The molecule has 0 radical (unpaired) electrons. The van der Waals surface area contributed by atoms with E-state index in [0.717, 1.165) is 25.7 Å². The van der Waals surface area contributed by atoms with Crippen molar-refractivity contribution in [3.8, 4) is 12.3 Å². The summed E-state index contributed by atoms with van der Waals surface area (Å²) in [5.41, 5.74) is -1.47. The fourth-order valence-corrected chi connectivity index (χ4v) is 5.05. The lowest BCUT2D eigenvalue weighted by Gasteiger charge is -2.66. The molecule has 3 rings (SSSR count). The van der Waals surface area contributed by atoms with E-state index in [-0.39, 0.29) is 16.7 Å². The maximum absolute atomic E-state index is 13.1. The topological polar surface area (TPSA) is 37.3 Å². The van der Waals surface area contributed by atoms with E-state index >= 15 is 0 Å². The zero-order valence-corrected chi connectivity index (χ0v) is 12.4. The van der Waals surface area contributed by atoms with Crippen LogP contribution < -0.4 is 0 Å². The van der Waals surface area contributed by atoms with Crippen LogP contribution in [0, 0.1) is 39.9 Å². The zero-order valence-electron chi connectivity index (χ0n) is 12.4. The highest BCUT2D eigenvalue weighted by Gasteiger charge is 2.77. The second-order valence-corrected chi connectivity index (χ2v) is 8.13. The van der Waals surface area contributed by atoms with Crippen molar-refractivity contribution in [2.24, 2.45) is 27.6 Å². The summed E-state index contributed by atoms with van der Waals surface area (Å²) in [7, 11) is 0. The first-order valence-corrected chi connectivity index (χ1v) is 7.37. The van der Waals surface area contributed by atoms with Crippen molar-refractivity contribution < 1.29 is 9.90 Å². The number of ketones is 1. The first-order chi connectivity index (χ1) is 8.67. The SMILES string of the molecule is C#C[C@]1(C)[C@H]2CC[C@@]2(C(C)(C)C)C(=O)C2(CC2)[C@@H]1O. The standard InChI is InChI=1S/C17H24O2/c1-6-15(5)11-7-8-17(11,14(2,3)4)13(19)16(9-10-16)12(15)18/h1,11-12,18H,7-10H2,2-5H3/t11-,12-,15-,17+/m1/s1. The van der Waals surface area contributed by atoms with Gasteiger partial charge >= 0.3 is 0 Å². The number of carbonyl (C=O) groups is 1. The molecular formula is C17H24O2. The van der Waals surface area contributed by atoms with E-state index in [1.54, 1.807) is 0 Å². The highest BCUT2D eigenvalue weighted by atomic mass is 16.3. The summed E-state index contributed by atoms with van der Waals surface area (Å²) < 4.78 is 0. The summed E-state index contributed by atoms with van der Waals surface area (Å²) >= 11 is 0. The zero-order chi connectivity index (χ0) is 14.3. The van der Waals surface area contributed by atoms with E-state index in [0.29, 0.717) is 5.78 Å². The summed E-state index contributed by atoms with van der Waals surface area (Å²) in [4.78, 5) is 13.1. The molecule has 4 atom stereocenters. The third kappa shape index (κ3) is 1.17. The number of aliphatic hydroxyl groups is 1. The van der Waals surface area contributed by atoms with Gasteiger partial charge < -0.3 is 5.11 Å². The second-order valence-electron chi connectivity index (χ2n) is 8.13. The normalized spacial score (nSPS) is 47.3. The van der Waals surface area contributed by atoms with E-state index in [4.69, 9.17) is 6.42 Å². The fourth-order valence-electron chi connectivity index (χ4n) is 5.05. The maximum atomic E-state index is 13.1. The summed E-state index contributed by atoms with van der Waals surface area (Å²) in [6, 6.07) is 0. The molecule has 1 N–H and O–H groups in total. The molecule has 0 aliphatic heterocycles. The monoisotopic (exact) mass is 260 g/mol. The number of hydrogen-bond acceptors (Lipinski definition) is 2. The predicted octanol–water partition coefficient (Wildman–Crippen LogP) is 2.79. The molecule has 3 saturated carbocycles. The molecule has 0 aromatic heterocycles. The molecule has 0 bridgehead atoms. The summed E-state index contributed by atoms with van der Waals surface area (Å²) in [5, 5.41) is 10.7. The number of Topliss-reactive ketones (excluding diaryl/α,β-unsaturated/α-hetero) is 1. The Morgan fingerprint density at radius 3 is 2.21 bits per heavy atom. The molecule has 0 saturated heterocycles. The Kier molecular flexibility index (Phi) is 2.26. The van der Waals surface area contributed by atoms with Gasteiger partial charge in [-0.2, -0.15) is 0 Å². The number of carbonyl (C=O) groups excluding carboxylic acids is 1. The largest absolute Gasteiger partial charge is 0.390 e. The Morgan fingerprint density at radius 1 is 1.32 bits per heavy atom. The van der Waals surface area contributed by atoms with Crippen LogP contribution in [0.4, 0.5) is 0 Å². The fraction of sp³-hybridized carbons (Fsp3) is 0.824. The van der Waals surface area contributed by atoms with Gasteiger partial charge in [-0.3, -0.25) is 4.79 Å². The molecule has 1 spiro atoms. The Balaban J connectivity index is 2.18. The Bertz CT molecular complexity index is 488. The van der Waals surface area contributed by atoms with Crippen molar-refractivity contribution in [2.45, 2.75) is 59.5 Å². The van der Waals surface area contributed by atoms with Gasteiger partial charge in [-0.1, -0.05) is 26.7 Å². The van der Waals surface area contributed by atoms with E-state index in [9.17, 15) is 9.90 Å². The van der Waals surface area contributed by atoms with Gasteiger partial charge in [0.1, 0.15) is 5.78 Å². The van der Waals surface area contributed by atoms with Crippen LogP contribution in [0.15, 0.2) is 0 Å². The van der Waals surface area contributed by atoms with Crippen molar-refractivity contribution in [2.75, 3.05) is 0 Å². The van der Waals surface area contributed by atoms with Gasteiger partial charge in [-0.25, -0.2) is 0 Å². The van der Waals surface area contributed by atoms with E-state index in [2.05, 4.69) is 26.7 Å². The van der Waals surface area contributed by atoms with Crippen molar-refractivity contribution in [1.29, 1.82) is 0 Å². The van der Waals surface area contributed by atoms with Gasteiger partial charge in [0, 0.05) is 5.41 Å². The van der Waals surface area contributed by atoms with Crippen molar-refractivity contribution in [3.05, 3.63) is 0 Å². The first-order valence-electron chi connectivity index (χ1n) is 7.37. The molecule has 2 heteroatoms. The molecule has 3 aliphatic rings. The smallest absolute Gasteiger partial charge is 0.148 e. The lowest BCUT2D eigenvalue weighted by Crippen LogP contribution is -2.70. The highest BCUT2D eigenvalue weighted by molar-refractivity contribution is 5.96. The van der Waals surface area contributed by atoms with Gasteiger partial charge in [0.2, 0.25) is 0 Å². The third-order valence-corrected chi connectivity index (χ3v) is 6.53. The van der Waals surface area contributed by atoms with Gasteiger partial charge in [-0.15, -0.1) is 6.42 Å². The predicted molar refractivity (Wildman–Crippen MR) is 74.2 cm³/mol. The van der Waals surface area contributed by atoms with Crippen LogP contribution in [0.5, 0.6) is 0 Å². The Hall–Kier alpha value is -0.810. The van der Waals surface area contributed by atoms with Crippen LogP contribution in [0.2, 0.25) is 0 Å². The number of aliphatic hydroxyl groups excluding tert-OH is 1. The van der Waals surface area contributed by atoms with Crippen LogP contribution in [-0.4, -0.2) is 17.0 Å². The minimum absolute atomic E-state index is 0.0825. The van der Waals surface area contributed by atoms with Gasteiger partial charge in [-0.05, 0) is 43.9 Å². The van der Waals surface area contributed by atoms with Gasteiger partial charge in [0.05, 0.1) is 16.9 Å². The van der Waals surface area contributed by atoms with E-state index < -0.39 is 16.9 Å². The first kappa shape index (κ1) is 13.2. The van der Waals surface area contributed by atoms with Crippen LogP contribution in [0.1, 0.15) is 53.4 Å². The molecule has 3 fully saturated rings. The molecule has 0 aromatic rings. The second kappa shape index (κ2) is 3.26. The Morgan fingerprint density at radius 2 is 1.89 bits per heavy atom. The average Bonchev–Trinajstić information content (AvgIpc) is 3.04. The number of hydrogen-bond donors (Lipinski definition) is 1. The van der Waals surface area contributed by atoms with E-state index in [1.165, 1.54) is 0 Å². The molecule has 2 nitrogen and oxygen atoms in total. The molecule has 0 aromatic carbocycles. The minimum Gasteiger partial charge on any atom is -0.390 e. The lowest BCUT2D eigenvalue weighted by molar-refractivity contribution is -0.209. The van der Waals surface area contributed by atoms with Crippen LogP contribution in [-0.2, 0) is 4.79 Å². The molecular weight excluding hydrogens is 236 g/mol. The van der Waals surface area contributed by atoms with Gasteiger partial charge in [0.25, 0.3) is 0 Å². The number of rotatable bonds is 0. The van der Waals surface area contributed by atoms with Crippen molar-refractivity contribution in [1.82, 2.24) is 0 Å². The van der Waals surface area contributed by atoms with Crippen LogP contribution >= 0.6 is 0 Å². The minimum atomic E-state index is -0.654. The molecule has 104 valence electrons. The molecule has 0 heterocycles. The molecule has 0 amide bonds. The van der Waals surface area contributed by atoms with Crippen molar-refractivity contribution in [3.63, 3.8) is 0 Å². The number of fused-ring (bicyclic) bond motifs is 1. The molecule has 3 aliphatic carbocycles. The average molecular weight is 260 g/mol. The summed E-state index contributed by atoms with van der Waals surface area (Å²) in [6.07, 6.45) is 8.67. The maximum Gasteiger partial charge on any atom is 0.148 e. The summed E-state index contributed by atoms with van der Waals surface area (Å²) in [6.45, 7) is 8.46. The number of terminal acetylenes is 1. The van der Waals surface area contributed by atoms with Gasteiger partial charge in [0.15, 0.2) is 0 Å². The molecule has 0 unspecified atom stereocenters.